The number of nitrogens with two attached hydrogens (primary N) is 1. The fourth-order valence-electron chi connectivity index (χ4n) is 1.79. The molecular weight excluding hydrogens is 254 g/mol. The van der Waals surface area contributed by atoms with Crippen LogP contribution < -0.4 is 15.8 Å². The summed E-state index contributed by atoms with van der Waals surface area (Å²) in [5, 5.41) is 15.2. The third kappa shape index (κ3) is 4.42. The lowest BCUT2D eigenvalue weighted by Crippen LogP contribution is -2.24. The van der Waals surface area contributed by atoms with Gasteiger partial charge in [-0.1, -0.05) is 32.0 Å². The highest BCUT2D eigenvalue weighted by molar-refractivity contribution is 5.99. The molecule has 0 aliphatic heterocycles. The predicted molar refractivity (Wildman–Crippen MR) is 81.2 cm³/mol. The van der Waals surface area contributed by atoms with Crippen LogP contribution in [0, 0.1) is 11.8 Å². The number of amidine groups is 1. The Hall–Kier alpha value is -1.75. The first kappa shape index (κ1) is 16.3. The standard InChI is InChI=1S/C15H25N3O2/c1-10(2)11(3)8-17-9-12-5-6-13(15(16)18-19)14(7-12)20-4/h5-7,10-11,17,19H,8-9H2,1-4H3,(H2,16,18). The molecule has 0 amide bonds. The number of ether oxygens (including phenoxy) is 1. The van der Waals surface area contributed by atoms with Gasteiger partial charge in [0.25, 0.3) is 0 Å². The molecule has 0 spiro atoms. The largest absolute Gasteiger partial charge is 0.496 e. The molecule has 1 unspecified atom stereocenters. The summed E-state index contributed by atoms with van der Waals surface area (Å²) in [5.74, 6) is 1.96. The Labute approximate surface area is 120 Å². The number of benzene rings is 1. The van der Waals surface area contributed by atoms with Crippen LogP contribution in [0.5, 0.6) is 5.75 Å². The first-order valence-corrected chi connectivity index (χ1v) is 6.85. The van der Waals surface area contributed by atoms with Crippen molar-refractivity contribution in [2.45, 2.75) is 27.3 Å². The van der Waals surface area contributed by atoms with Gasteiger partial charge >= 0.3 is 0 Å². The molecule has 0 saturated heterocycles. The van der Waals surface area contributed by atoms with Crippen LogP contribution in [0.15, 0.2) is 23.4 Å². The van der Waals surface area contributed by atoms with Crippen LogP contribution in [0.25, 0.3) is 0 Å². The number of methoxy groups -OCH3 is 1. The maximum absolute atomic E-state index is 8.73. The zero-order chi connectivity index (χ0) is 15.1. The Kier molecular flexibility index (Phi) is 6.31. The van der Waals surface area contributed by atoms with Gasteiger partial charge < -0.3 is 21.0 Å². The van der Waals surface area contributed by atoms with Crippen molar-refractivity contribution < 1.29 is 9.94 Å². The molecule has 4 N–H and O–H groups in total. The summed E-state index contributed by atoms with van der Waals surface area (Å²) in [6.07, 6.45) is 0. The van der Waals surface area contributed by atoms with Gasteiger partial charge in [-0.2, -0.15) is 0 Å². The van der Waals surface area contributed by atoms with Gasteiger partial charge in [0.1, 0.15) is 5.75 Å². The van der Waals surface area contributed by atoms with Crippen LogP contribution in [0.4, 0.5) is 0 Å². The van der Waals surface area contributed by atoms with Crippen molar-refractivity contribution in [3.05, 3.63) is 29.3 Å². The lowest BCUT2D eigenvalue weighted by Gasteiger charge is -2.16. The van der Waals surface area contributed by atoms with E-state index >= 15 is 0 Å². The fraction of sp³-hybridized carbons (Fsp3) is 0.533. The Balaban J connectivity index is 2.69. The maximum atomic E-state index is 8.73. The summed E-state index contributed by atoms with van der Waals surface area (Å²) in [5.41, 5.74) is 7.29. The molecule has 0 aromatic heterocycles. The molecule has 1 atom stereocenters. The quantitative estimate of drug-likeness (QED) is 0.309. The topological polar surface area (TPSA) is 79.9 Å². The van der Waals surface area contributed by atoms with Crippen LogP contribution in [-0.4, -0.2) is 24.7 Å². The molecule has 0 aliphatic rings. The van der Waals surface area contributed by atoms with Gasteiger partial charge in [-0.05, 0) is 36.1 Å². The zero-order valence-electron chi connectivity index (χ0n) is 12.7. The smallest absolute Gasteiger partial charge is 0.173 e. The van der Waals surface area contributed by atoms with Gasteiger partial charge in [-0.25, -0.2) is 0 Å². The van der Waals surface area contributed by atoms with Gasteiger partial charge in [-0.15, -0.1) is 0 Å². The second-order valence-corrected chi connectivity index (χ2v) is 5.37. The van der Waals surface area contributed by atoms with Crippen molar-refractivity contribution in [2.75, 3.05) is 13.7 Å². The lowest BCUT2D eigenvalue weighted by atomic mass is 9.98. The molecule has 5 nitrogen and oxygen atoms in total. The average Bonchev–Trinajstić information content (AvgIpc) is 2.45. The first-order chi connectivity index (χ1) is 9.49. The van der Waals surface area contributed by atoms with Crippen LogP contribution in [0.2, 0.25) is 0 Å². The molecule has 0 aliphatic carbocycles. The van der Waals surface area contributed by atoms with E-state index in [1.54, 1.807) is 13.2 Å². The fourth-order valence-corrected chi connectivity index (χ4v) is 1.79. The summed E-state index contributed by atoms with van der Waals surface area (Å²) in [6.45, 7) is 8.42. The number of oxime groups is 1. The van der Waals surface area contributed by atoms with E-state index < -0.39 is 0 Å². The highest BCUT2D eigenvalue weighted by Crippen LogP contribution is 2.20. The predicted octanol–water partition coefficient (Wildman–Crippen LogP) is 2.17. The van der Waals surface area contributed by atoms with Gasteiger partial charge in [-0.3, -0.25) is 0 Å². The van der Waals surface area contributed by atoms with E-state index in [1.165, 1.54) is 0 Å². The maximum Gasteiger partial charge on any atom is 0.173 e. The van der Waals surface area contributed by atoms with E-state index in [2.05, 4.69) is 31.2 Å². The molecule has 0 fully saturated rings. The zero-order valence-corrected chi connectivity index (χ0v) is 12.7. The van der Waals surface area contributed by atoms with Crippen molar-refractivity contribution in [1.29, 1.82) is 0 Å². The minimum atomic E-state index is 0.0507. The van der Waals surface area contributed by atoms with Gasteiger partial charge in [0.15, 0.2) is 5.84 Å². The van der Waals surface area contributed by atoms with E-state index in [9.17, 15) is 0 Å². The second kappa shape index (κ2) is 7.75. The average molecular weight is 279 g/mol. The molecule has 1 rings (SSSR count). The van der Waals surface area contributed by atoms with E-state index in [0.29, 0.717) is 23.1 Å². The second-order valence-electron chi connectivity index (χ2n) is 5.37. The number of rotatable bonds is 7. The molecule has 5 heteroatoms. The number of nitrogens with one attached hydrogen (secondary N) is 1. The highest BCUT2D eigenvalue weighted by atomic mass is 16.5. The highest BCUT2D eigenvalue weighted by Gasteiger charge is 2.10. The van der Waals surface area contributed by atoms with Crippen molar-refractivity contribution in [2.24, 2.45) is 22.7 Å². The molecule has 112 valence electrons. The van der Waals surface area contributed by atoms with Crippen molar-refractivity contribution in [3.63, 3.8) is 0 Å². The molecule has 1 aromatic carbocycles. The van der Waals surface area contributed by atoms with Gasteiger partial charge in [0.05, 0.1) is 12.7 Å². The Morgan fingerprint density at radius 1 is 1.40 bits per heavy atom. The summed E-state index contributed by atoms with van der Waals surface area (Å²) in [4.78, 5) is 0. The van der Waals surface area contributed by atoms with Gasteiger partial charge in [0.2, 0.25) is 0 Å². The first-order valence-electron chi connectivity index (χ1n) is 6.85. The lowest BCUT2D eigenvalue weighted by molar-refractivity contribution is 0.318. The molecule has 0 radical (unpaired) electrons. The Bertz CT molecular complexity index is 458. The molecule has 0 heterocycles. The van der Waals surface area contributed by atoms with E-state index in [4.69, 9.17) is 15.7 Å². The van der Waals surface area contributed by atoms with E-state index in [1.807, 2.05) is 12.1 Å². The van der Waals surface area contributed by atoms with Crippen molar-refractivity contribution >= 4 is 5.84 Å². The molecule has 0 saturated carbocycles. The Morgan fingerprint density at radius 3 is 2.65 bits per heavy atom. The minimum absolute atomic E-state index is 0.0507. The third-order valence-corrected chi connectivity index (χ3v) is 3.58. The summed E-state index contributed by atoms with van der Waals surface area (Å²) in [6, 6.07) is 5.65. The summed E-state index contributed by atoms with van der Waals surface area (Å²) >= 11 is 0. The number of hydrogen-bond acceptors (Lipinski definition) is 4. The SMILES string of the molecule is COc1cc(CNCC(C)C(C)C)ccc1/C(N)=N/O. The van der Waals surface area contributed by atoms with Crippen LogP contribution in [0.1, 0.15) is 31.9 Å². The van der Waals surface area contributed by atoms with Gasteiger partial charge in [0, 0.05) is 6.54 Å². The van der Waals surface area contributed by atoms with Crippen LogP contribution >= 0.6 is 0 Å². The summed E-state index contributed by atoms with van der Waals surface area (Å²) in [7, 11) is 1.57. The molecule has 20 heavy (non-hydrogen) atoms. The number of hydrogen-bond donors (Lipinski definition) is 3. The molecular formula is C15H25N3O2. The molecule has 1 aromatic rings. The van der Waals surface area contributed by atoms with Crippen molar-refractivity contribution in [3.8, 4) is 5.75 Å². The minimum Gasteiger partial charge on any atom is -0.496 e. The normalized spacial score (nSPS) is 13.6. The van der Waals surface area contributed by atoms with E-state index in [0.717, 1.165) is 18.7 Å². The summed E-state index contributed by atoms with van der Waals surface area (Å²) < 4.78 is 5.27. The monoisotopic (exact) mass is 279 g/mol. The molecule has 0 bridgehead atoms. The Morgan fingerprint density at radius 2 is 2.10 bits per heavy atom. The number of nitrogens with zero attached hydrogens (tertiary/aromatic N) is 1. The van der Waals surface area contributed by atoms with Crippen molar-refractivity contribution in [1.82, 2.24) is 5.32 Å². The third-order valence-electron chi connectivity index (χ3n) is 3.58. The van der Waals surface area contributed by atoms with Crippen LogP contribution in [-0.2, 0) is 6.54 Å². The van der Waals surface area contributed by atoms with Crippen LogP contribution in [0.3, 0.4) is 0 Å². The van der Waals surface area contributed by atoms with E-state index in [-0.39, 0.29) is 5.84 Å².